The van der Waals surface area contributed by atoms with Gasteiger partial charge in [0.25, 0.3) is 5.91 Å². The highest BCUT2D eigenvalue weighted by atomic mass is 35.5. The van der Waals surface area contributed by atoms with Crippen molar-refractivity contribution in [3.8, 4) is 5.75 Å². The van der Waals surface area contributed by atoms with Crippen molar-refractivity contribution in [3.05, 3.63) is 65.0 Å². The van der Waals surface area contributed by atoms with Crippen LogP contribution in [0.4, 0.5) is 24.5 Å². The van der Waals surface area contributed by atoms with E-state index in [-0.39, 0.29) is 29.4 Å². The number of hydrogen-bond acceptors (Lipinski definition) is 5. The van der Waals surface area contributed by atoms with Gasteiger partial charge in [-0.3, -0.25) is 4.79 Å². The summed E-state index contributed by atoms with van der Waals surface area (Å²) in [6.45, 7) is 0.600. The van der Waals surface area contributed by atoms with Gasteiger partial charge in [0.15, 0.2) is 6.10 Å². The Bertz CT molecular complexity index is 1030. The van der Waals surface area contributed by atoms with Crippen LogP contribution in [-0.4, -0.2) is 44.6 Å². The topological polar surface area (TPSA) is 67.9 Å². The number of carbonyl (C=O) groups excluding carboxylic acids is 2. The summed E-state index contributed by atoms with van der Waals surface area (Å²) in [6.07, 6.45) is -3.19. The predicted molar refractivity (Wildman–Crippen MR) is 119 cm³/mol. The summed E-state index contributed by atoms with van der Waals surface area (Å²) in [7, 11) is 1.17. The van der Waals surface area contributed by atoms with E-state index in [4.69, 9.17) is 21.1 Å². The van der Waals surface area contributed by atoms with E-state index < -0.39 is 30.8 Å². The van der Waals surface area contributed by atoms with E-state index in [9.17, 15) is 22.8 Å². The number of ether oxygens (including phenoxy) is 2. The first-order chi connectivity index (χ1) is 15.8. The number of hydrogen-bond donors (Lipinski definition) is 1. The second kappa shape index (κ2) is 11.1. The third-order valence-electron chi connectivity index (χ3n) is 4.91. The van der Waals surface area contributed by atoms with Gasteiger partial charge in [0.2, 0.25) is 6.43 Å². The molecule has 176 valence electrons. The molecule has 2 aromatic carbocycles. The Morgan fingerprint density at radius 1 is 1.18 bits per heavy atom. The number of anilines is 2. The normalized spacial score (nSPS) is 14.5. The maximum Gasteiger partial charge on any atom is 0.340 e. The van der Waals surface area contributed by atoms with Crippen molar-refractivity contribution in [2.75, 3.05) is 30.4 Å². The zero-order chi connectivity index (χ0) is 24.0. The molecule has 6 nitrogen and oxygen atoms in total. The molecule has 0 aromatic heterocycles. The number of rotatable bonds is 8. The highest BCUT2D eigenvalue weighted by molar-refractivity contribution is 6.30. The van der Waals surface area contributed by atoms with Crippen molar-refractivity contribution in [1.29, 1.82) is 0 Å². The van der Waals surface area contributed by atoms with Crippen LogP contribution in [-0.2, 0) is 9.53 Å². The molecule has 0 radical (unpaired) electrons. The largest absolute Gasteiger partial charge is 0.480 e. The van der Waals surface area contributed by atoms with E-state index in [0.717, 1.165) is 0 Å². The lowest BCUT2D eigenvalue weighted by molar-refractivity contribution is -0.124. The summed E-state index contributed by atoms with van der Waals surface area (Å²) in [5.74, 6) is -1.71. The van der Waals surface area contributed by atoms with Gasteiger partial charge in [-0.25, -0.2) is 18.0 Å². The van der Waals surface area contributed by atoms with E-state index in [2.05, 4.69) is 5.32 Å². The molecule has 0 fully saturated rings. The molecule has 0 spiro atoms. The smallest absolute Gasteiger partial charge is 0.340 e. The fraction of sp³-hybridized carbons (Fsp3) is 0.304. The molecule has 1 heterocycles. The van der Waals surface area contributed by atoms with Crippen molar-refractivity contribution in [3.63, 3.8) is 0 Å². The third kappa shape index (κ3) is 6.64. The van der Waals surface area contributed by atoms with Crippen LogP contribution in [0.15, 0.2) is 54.4 Å². The minimum absolute atomic E-state index is 0.000557. The van der Waals surface area contributed by atoms with E-state index in [0.29, 0.717) is 23.7 Å². The summed E-state index contributed by atoms with van der Waals surface area (Å²) in [6, 6.07) is 10.4. The van der Waals surface area contributed by atoms with E-state index in [1.807, 2.05) is 0 Å². The number of methoxy groups -OCH3 is 1. The molecule has 1 aliphatic heterocycles. The Hall–Kier alpha value is -3.20. The van der Waals surface area contributed by atoms with Crippen molar-refractivity contribution in [1.82, 2.24) is 0 Å². The summed E-state index contributed by atoms with van der Waals surface area (Å²) >= 11 is 5.81. The number of esters is 1. The first kappa shape index (κ1) is 24.4. The molecule has 0 saturated carbocycles. The number of carbonyl (C=O) groups is 2. The SMILES string of the molecule is COC(=O)c1cc(N2CCC=C(F)C2)ccc1NC(=O)[C@H](CC(F)F)Oc1ccc(Cl)cc1. The van der Waals surface area contributed by atoms with Gasteiger partial charge in [-0.2, -0.15) is 0 Å². The molecule has 0 saturated heterocycles. The van der Waals surface area contributed by atoms with E-state index in [1.54, 1.807) is 11.0 Å². The van der Waals surface area contributed by atoms with Gasteiger partial charge in [-0.1, -0.05) is 11.6 Å². The number of benzene rings is 2. The van der Waals surface area contributed by atoms with Gasteiger partial charge in [-0.05, 0) is 55.0 Å². The molecule has 1 amide bonds. The number of amides is 1. The molecule has 1 atom stereocenters. The first-order valence-electron chi connectivity index (χ1n) is 10.1. The highest BCUT2D eigenvalue weighted by Crippen LogP contribution is 2.28. The minimum Gasteiger partial charge on any atom is -0.480 e. The molecule has 0 unspecified atom stereocenters. The summed E-state index contributed by atoms with van der Waals surface area (Å²) < 4.78 is 50.1. The van der Waals surface area contributed by atoms with Gasteiger partial charge in [0.1, 0.15) is 11.6 Å². The predicted octanol–water partition coefficient (Wildman–Crippen LogP) is 5.23. The van der Waals surface area contributed by atoms with Crippen LogP contribution in [0.25, 0.3) is 0 Å². The zero-order valence-corrected chi connectivity index (χ0v) is 18.4. The fourth-order valence-electron chi connectivity index (χ4n) is 3.30. The maximum atomic E-state index is 13.7. The highest BCUT2D eigenvalue weighted by Gasteiger charge is 2.27. The fourth-order valence-corrected chi connectivity index (χ4v) is 3.43. The molecule has 33 heavy (non-hydrogen) atoms. The van der Waals surface area contributed by atoms with Crippen molar-refractivity contribution in [2.45, 2.75) is 25.4 Å². The summed E-state index contributed by atoms with van der Waals surface area (Å²) in [5, 5.41) is 2.89. The second-order valence-corrected chi connectivity index (χ2v) is 7.70. The van der Waals surface area contributed by atoms with Gasteiger partial charge < -0.3 is 19.7 Å². The molecule has 1 aliphatic rings. The maximum absolute atomic E-state index is 13.7. The molecular formula is C23H22ClF3N2O4. The molecule has 3 rings (SSSR count). The Morgan fingerprint density at radius 3 is 2.55 bits per heavy atom. The molecule has 0 aliphatic carbocycles. The molecule has 1 N–H and O–H groups in total. The number of nitrogens with zero attached hydrogens (tertiary/aromatic N) is 1. The quantitative estimate of drug-likeness (QED) is 0.522. The van der Waals surface area contributed by atoms with Crippen molar-refractivity contribution >= 4 is 34.9 Å². The van der Waals surface area contributed by atoms with Crippen LogP contribution in [0.2, 0.25) is 5.02 Å². The van der Waals surface area contributed by atoms with E-state index in [1.165, 1.54) is 49.6 Å². The van der Waals surface area contributed by atoms with Gasteiger partial charge in [0.05, 0.1) is 31.3 Å². The summed E-state index contributed by atoms with van der Waals surface area (Å²) in [5.41, 5.74) is 0.612. The van der Waals surface area contributed by atoms with E-state index >= 15 is 0 Å². The van der Waals surface area contributed by atoms with Crippen molar-refractivity contribution in [2.24, 2.45) is 0 Å². The van der Waals surface area contributed by atoms with Crippen LogP contribution in [0, 0.1) is 0 Å². The van der Waals surface area contributed by atoms with Crippen LogP contribution in [0.3, 0.4) is 0 Å². The number of halogens is 4. The lowest BCUT2D eigenvalue weighted by Crippen LogP contribution is -2.35. The first-order valence-corrected chi connectivity index (χ1v) is 10.5. The van der Waals surface area contributed by atoms with Crippen LogP contribution in [0.5, 0.6) is 5.75 Å². The summed E-state index contributed by atoms with van der Waals surface area (Å²) in [4.78, 5) is 26.9. The van der Waals surface area contributed by atoms with Gasteiger partial charge in [0, 0.05) is 17.3 Å². The Labute approximate surface area is 193 Å². The van der Waals surface area contributed by atoms with Crippen LogP contribution in [0.1, 0.15) is 23.2 Å². The average molecular weight is 483 g/mol. The Kier molecular flexibility index (Phi) is 8.21. The monoisotopic (exact) mass is 482 g/mol. The van der Waals surface area contributed by atoms with Crippen molar-refractivity contribution < 1.29 is 32.2 Å². The van der Waals surface area contributed by atoms with Crippen LogP contribution >= 0.6 is 11.6 Å². The van der Waals surface area contributed by atoms with Gasteiger partial charge >= 0.3 is 5.97 Å². The van der Waals surface area contributed by atoms with Gasteiger partial charge in [-0.15, -0.1) is 0 Å². The van der Waals surface area contributed by atoms with Crippen LogP contribution < -0.4 is 15.0 Å². The molecule has 2 aromatic rings. The lowest BCUT2D eigenvalue weighted by Gasteiger charge is -2.27. The minimum atomic E-state index is -2.81. The molecule has 10 heteroatoms. The Morgan fingerprint density at radius 2 is 1.91 bits per heavy atom. The standard InChI is InChI=1S/C23H22ClF3N2O4/c1-32-23(31)18-11-16(29-10-2-3-15(25)13-29)6-9-19(18)28-22(30)20(12-21(26)27)33-17-7-4-14(24)5-8-17/h3-9,11,20-21H,2,10,12-13H2,1H3,(H,28,30)/t20-/m0/s1. The molecule has 0 bridgehead atoms. The average Bonchev–Trinajstić information content (AvgIpc) is 2.79. The molecular weight excluding hydrogens is 461 g/mol. The third-order valence-corrected chi connectivity index (χ3v) is 5.17. The lowest BCUT2D eigenvalue weighted by atomic mass is 10.1. The second-order valence-electron chi connectivity index (χ2n) is 7.26. The number of alkyl halides is 2. The Balaban J connectivity index is 1.83. The zero-order valence-electron chi connectivity index (χ0n) is 17.7. The number of nitrogens with one attached hydrogen (secondary N) is 1.